The van der Waals surface area contributed by atoms with Gasteiger partial charge in [-0.1, -0.05) is 18.2 Å². The van der Waals surface area contributed by atoms with Crippen LogP contribution in [-0.4, -0.2) is 14.1 Å². The average Bonchev–Trinajstić information content (AvgIpc) is 2.18. The van der Waals surface area contributed by atoms with E-state index in [1.54, 1.807) is 0 Å². The van der Waals surface area contributed by atoms with Gasteiger partial charge in [-0.2, -0.15) is 0 Å². The average molecular weight is 190 g/mol. The third kappa shape index (κ3) is 2.60. The van der Waals surface area contributed by atoms with Gasteiger partial charge in [0.05, 0.1) is 0 Å². The Morgan fingerprint density at radius 3 is 2.79 bits per heavy atom. The molecule has 0 amide bonds. The van der Waals surface area contributed by atoms with E-state index in [1.165, 1.54) is 5.69 Å². The lowest BCUT2D eigenvalue weighted by atomic mass is 10.0. The van der Waals surface area contributed by atoms with Crippen LogP contribution in [0.4, 0.5) is 5.69 Å². The summed E-state index contributed by atoms with van der Waals surface area (Å²) in [5.41, 5.74) is 8.33. The molecule has 1 aromatic carbocycles. The molecule has 0 aliphatic rings. The molecule has 2 heteroatoms. The molecule has 0 bridgehead atoms. The Hall–Kier alpha value is -1.28. The van der Waals surface area contributed by atoms with Gasteiger partial charge < -0.3 is 10.6 Å². The van der Waals surface area contributed by atoms with Crippen molar-refractivity contribution in [1.29, 1.82) is 0 Å². The van der Waals surface area contributed by atoms with Gasteiger partial charge in [-0.3, -0.25) is 0 Å². The minimum atomic E-state index is 0.0624. The number of rotatable bonds is 4. The molecule has 76 valence electrons. The summed E-state index contributed by atoms with van der Waals surface area (Å²) in [6.07, 6.45) is 2.67. The van der Waals surface area contributed by atoms with Gasteiger partial charge in [0.2, 0.25) is 0 Å². The Morgan fingerprint density at radius 1 is 1.50 bits per heavy atom. The number of nitrogens with zero attached hydrogens (tertiary/aromatic N) is 1. The molecule has 2 N–H and O–H groups in total. The zero-order chi connectivity index (χ0) is 10.6. The van der Waals surface area contributed by atoms with E-state index in [-0.39, 0.29) is 6.04 Å². The summed E-state index contributed by atoms with van der Waals surface area (Å²) in [7, 11) is 4.05. The summed E-state index contributed by atoms with van der Waals surface area (Å²) in [6, 6.07) is 8.35. The highest BCUT2D eigenvalue weighted by atomic mass is 15.1. The van der Waals surface area contributed by atoms with Crippen molar-refractivity contribution in [3.63, 3.8) is 0 Å². The van der Waals surface area contributed by atoms with E-state index < -0.39 is 0 Å². The van der Waals surface area contributed by atoms with E-state index >= 15 is 0 Å². The molecule has 1 atom stereocenters. The first kappa shape index (κ1) is 10.8. The first-order chi connectivity index (χ1) is 6.65. The molecule has 0 spiro atoms. The zero-order valence-corrected chi connectivity index (χ0v) is 8.90. The SMILES string of the molecule is C=CCC(N)c1cccc(N(C)C)c1. The topological polar surface area (TPSA) is 29.3 Å². The summed E-state index contributed by atoms with van der Waals surface area (Å²) >= 11 is 0. The second kappa shape index (κ2) is 4.82. The Balaban J connectivity index is 2.87. The first-order valence-corrected chi connectivity index (χ1v) is 4.79. The minimum absolute atomic E-state index is 0.0624. The van der Waals surface area contributed by atoms with Gasteiger partial charge in [0, 0.05) is 25.8 Å². The fourth-order valence-corrected chi connectivity index (χ4v) is 1.35. The molecule has 1 rings (SSSR count). The molecule has 14 heavy (non-hydrogen) atoms. The number of hydrogen-bond donors (Lipinski definition) is 1. The molecule has 0 saturated carbocycles. The van der Waals surface area contributed by atoms with Crippen molar-refractivity contribution in [1.82, 2.24) is 0 Å². The fourth-order valence-electron chi connectivity index (χ4n) is 1.35. The fraction of sp³-hybridized carbons (Fsp3) is 0.333. The van der Waals surface area contributed by atoms with E-state index in [0.29, 0.717) is 0 Å². The smallest absolute Gasteiger partial charge is 0.0364 e. The van der Waals surface area contributed by atoms with Crippen molar-refractivity contribution in [2.24, 2.45) is 5.73 Å². The van der Waals surface area contributed by atoms with Gasteiger partial charge in [-0.15, -0.1) is 6.58 Å². The molecule has 0 radical (unpaired) electrons. The van der Waals surface area contributed by atoms with E-state index in [0.717, 1.165) is 12.0 Å². The second-order valence-corrected chi connectivity index (χ2v) is 3.62. The normalized spacial score (nSPS) is 12.2. The van der Waals surface area contributed by atoms with E-state index in [4.69, 9.17) is 5.73 Å². The molecule has 1 aromatic rings. The third-order valence-corrected chi connectivity index (χ3v) is 2.24. The summed E-state index contributed by atoms with van der Waals surface area (Å²) in [4.78, 5) is 2.07. The van der Waals surface area contributed by atoms with Crippen molar-refractivity contribution in [3.8, 4) is 0 Å². The molecule has 0 saturated heterocycles. The van der Waals surface area contributed by atoms with Crippen molar-refractivity contribution in [2.45, 2.75) is 12.5 Å². The summed E-state index contributed by atoms with van der Waals surface area (Å²) < 4.78 is 0. The van der Waals surface area contributed by atoms with E-state index in [2.05, 4.69) is 29.7 Å². The third-order valence-electron chi connectivity index (χ3n) is 2.24. The zero-order valence-electron chi connectivity index (χ0n) is 8.90. The monoisotopic (exact) mass is 190 g/mol. The molecule has 0 aliphatic heterocycles. The second-order valence-electron chi connectivity index (χ2n) is 3.62. The van der Waals surface area contributed by atoms with Crippen molar-refractivity contribution in [3.05, 3.63) is 42.5 Å². The molecule has 2 nitrogen and oxygen atoms in total. The largest absolute Gasteiger partial charge is 0.378 e. The molecule has 0 aliphatic carbocycles. The van der Waals surface area contributed by atoms with Gasteiger partial charge >= 0.3 is 0 Å². The van der Waals surface area contributed by atoms with E-state index in [9.17, 15) is 0 Å². The molecule has 0 heterocycles. The summed E-state index contributed by atoms with van der Waals surface area (Å²) in [5.74, 6) is 0. The number of benzene rings is 1. The lowest BCUT2D eigenvalue weighted by Gasteiger charge is -2.16. The lowest BCUT2D eigenvalue weighted by molar-refractivity contribution is 0.741. The van der Waals surface area contributed by atoms with Gasteiger partial charge in [0.25, 0.3) is 0 Å². The summed E-state index contributed by atoms with van der Waals surface area (Å²) in [6.45, 7) is 3.69. The van der Waals surface area contributed by atoms with Crippen LogP contribution in [0.25, 0.3) is 0 Å². The van der Waals surface area contributed by atoms with Crippen LogP contribution in [0.15, 0.2) is 36.9 Å². The van der Waals surface area contributed by atoms with Crippen LogP contribution in [0.1, 0.15) is 18.0 Å². The van der Waals surface area contributed by atoms with Crippen molar-refractivity contribution >= 4 is 5.69 Å². The van der Waals surface area contributed by atoms with Crippen LogP contribution in [0.5, 0.6) is 0 Å². The van der Waals surface area contributed by atoms with Gasteiger partial charge in [0.1, 0.15) is 0 Å². The van der Waals surface area contributed by atoms with Crippen LogP contribution in [0.3, 0.4) is 0 Å². The maximum atomic E-state index is 5.98. The van der Waals surface area contributed by atoms with Crippen LogP contribution < -0.4 is 10.6 Å². The van der Waals surface area contributed by atoms with Gasteiger partial charge in [-0.25, -0.2) is 0 Å². The Bertz CT molecular complexity index is 305. The van der Waals surface area contributed by atoms with E-state index in [1.807, 2.05) is 26.2 Å². The van der Waals surface area contributed by atoms with Crippen LogP contribution >= 0.6 is 0 Å². The quantitative estimate of drug-likeness (QED) is 0.738. The summed E-state index contributed by atoms with van der Waals surface area (Å²) in [5, 5.41) is 0. The first-order valence-electron chi connectivity index (χ1n) is 4.79. The highest BCUT2D eigenvalue weighted by Gasteiger charge is 2.04. The van der Waals surface area contributed by atoms with Crippen LogP contribution in [-0.2, 0) is 0 Å². The predicted octanol–water partition coefficient (Wildman–Crippen LogP) is 2.33. The number of anilines is 1. The minimum Gasteiger partial charge on any atom is -0.378 e. The van der Waals surface area contributed by atoms with Gasteiger partial charge in [-0.05, 0) is 24.1 Å². The maximum absolute atomic E-state index is 5.98. The number of hydrogen-bond acceptors (Lipinski definition) is 2. The Morgan fingerprint density at radius 2 is 2.21 bits per heavy atom. The predicted molar refractivity (Wildman–Crippen MR) is 62.5 cm³/mol. The molecule has 1 unspecified atom stereocenters. The standard InChI is InChI=1S/C12H18N2/c1-4-6-12(13)10-7-5-8-11(9-10)14(2)3/h4-5,7-9,12H,1,6,13H2,2-3H3. The Kier molecular flexibility index (Phi) is 3.72. The van der Waals surface area contributed by atoms with Crippen LogP contribution in [0.2, 0.25) is 0 Å². The highest BCUT2D eigenvalue weighted by Crippen LogP contribution is 2.19. The lowest BCUT2D eigenvalue weighted by Crippen LogP contribution is -2.12. The van der Waals surface area contributed by atoms with Crippen LogP contribution in [0, 0.1) is 0 Å². The molecular weight excluding hydrogens is 172 g/mol. The van der Waals surface area contributed by atoms with Gasteiger partial charge in [0.15, 0.2) is 0 Å². The molecule has 0 fully saturated rings. The number of nitrogens with two attached hydrogens (primary N) is 1. The highest BCUT2D eigenvalue weighted by molar-refractivity contribution is 5.47. The maximum Gasteiger partial charge on any atom is 0.0364 e. The molecule has 0 aromatic heterocycles. The van der Waals surface area contributed by atoms with Crippen molar-refractivity contribution in [2.75, 3.05) is 19.0 Å². The Labute approximate surface area is 86.0 Å². The van der Waals surface area contributed by atoms with Crippen molar-refractivity contribution < 1.29 is 0 Å². The molecular formula is C12H18N2.